The number of ether oxygens (including phenoxy) is 2. The lowest BCUT2D eigenvalue weighted by molar-refractivity contribution is 0.0527. The predicted molar refractivity (Wildman–Crippen MR) is 70.7 cm³/mol. The standard InChI is InChI=1S/C12H17NO3S/c1-3-17-7-6-16-12(14)10-8-9(13)4-5-11(10)15-2/h4-5,8H,3,6-7,13H2,1-2H3. The normalized spacial score (nSPS) is 10.0. The van der Waals surface area contributed by atoms with E-state index in [0.29, 0.717) is 23.6 Å². The third-order valence-electron chi connectivity index (χ3n) is 2.11. The zero-order chi connectivity index (χ0) is 12.7. The van der Waals surface area contributed by atoms with E-state index in [1.807, 2.05) is 0 Å². The zero-order valence-electron chi connectivity index (χ0n) is 10.1. The molecule has 1 aromatic rings. The van der Waals surface area contributed by atoms with Crippen LogP contribution >= 0.6 is 11.8 Å². The van der Waals surface area contributed by atoms with E-state index >= 15 is 0 Å². The number of hydrogen-bond acceptors (Lipinski definition) is 5. The van der Waals surface area contributed by atoms with Gasteiger partial charge in [-0.3, -0.25) is 0 Å². The Balaban J connectivity index is 2.64. The Morgan fingerprint density at radius 2 is 2.24 bits per heavy atom. The highest BCUT2D eigenvalue weighted by atomic mass is 32.2. The molecule has 0 saturated heterocycles. The van der Waals surface area contributed by atoms with Gasteiger partial charge in [0.2, 0.25) is 0 Å². The number of rotatable bonds is 6. The Morgan fingerprint density at radius 3 is 2.88 bits per heavy atom. The summed E-state index contributed by atoms with van der Waals surface area (Å²) in [6, 6.07) is 4.91. The highest BCUT2D eigenvalue weighted by Crippen LogP contribution is 2.21. The predicted octanol–water partition coefficient (Wildman–Crippen LogP) is 2.19. The summed E-state index contributed by atoms with van der Waals surface area (Å²) in [6.45, 7) is 2.46. The number of nitrogens with two attached hydrogens (primary N) is 1. The van der Waals surface area contributed by atoms with Gasteiger partial charge in [0.1, 0.15) is 17.9 Å². The fourth-order valence-corrected chi connectivity index (χ4v) is 1.79. The van der Waals surface area contributed by atoms with Gasteiger partial charge >= 0.3 is 5.97 Å². The SMILES string of the molecule is CCSCCOC(=O)c1cc(N)ccc1OC. The van der Waals surface area contributed by atoms with Crippen molar-refractivity contribution in [2.45, 2.75) is 6.92 Å². The third kappa shape index (κ3) is 4.19. The molecule has 4 nitrogen and oxygen atoms in total. The van der Waals surface area contributed by atoms with Crippen LogP contribution in [-0.4, -0.2) is 31.2 Å². The summed E-state index contributed by atoms with van der Waals surface area (Å²) in [5.41, 5.74) is 6.51. The number of anilines is 1. The molecule has 0 heterocycles. The van der Waals surface area contributed by atoms with Crippen molar-refractivity contribution in [1.29, 1.82) is 0 Å². The molecule has 17 heavy (non-hydrogen) atoms. The molecule has 0 spiro atoms. The second-order valence-electron chi connectivity index (χ2n) is 3.29. The van der Waals surface area contributed by atoms with Crippen LogP contribution in [0.3, 0.4) is 0 Å². The van der Waals surface area contributed by atoms with Crippen molar-refractivity contribution in [2.24, 2.45) is 0 Å². The Morgan fingerprint density at radius 1 is 1.47 bits per heavy atom. The van der Waals surface area contributed by atoms with E-state index in [1.165, 1.54) is 7.11 Å². The summed E-state index contributed by atoms with van der Waals surface area (Å²) in [5, 5.41) is 0. The maximum atomic E-state index is 11.8. The van der Waals surface area contributed by atoms with Crippen LogP contribution in [0, 0.1) is 0 Å². The Bertz CT molecular complexity index is 382. The maximum Gasteiger partial charge on any atom is 0.342 e. The fraction of sp³-hybridized carbons (Fsp3) is 0.417. The van der Waals surface area contributed by atoms with Gasteiger partial charge in [0, 0.05) is 11.4 Å². The van der Waals surface area contributed by atoms with Crippen molar-refractivity contribution in [2.75, 3.05) is 31.0 Å². The first kappa shape index (κ1) is 13.7. The topological polar surface area (TPSA) is 61.5 Å². The van der Waals surface area contributed by atoms with E-state index in [2.05, 4.69) is 6.92 Å². The number of hydrogen-bond donors (Lipinski definition) is 1. The highest BCUT2D eigenvalue weighted by Gasteiger charge is 2.13. The number of carbonyl (C=O) groups is 1. The highest BCUT2D eigenvalue weighted by molar-refractivity contribution is 7.99. The van der Waals surface area contributed by atoms with Crippen LogP contribution in [0.1, 0.15) is 17.3 Å². The molecule has 0 aliphatic rings. The van der Waals surface area contributed by atoms with Crippen LogP contribution in [-0.2, 0) is 4.74 Å². The van der Waals surface area contributed by atoms with Gasteiger partial charge < -0.3 is 15.2 Å². The molecule has 0 bridgehead atoms. The number of benzene rings is 1. The minimum Gasteiger partial charge on any atom is -0.496 e. The largest absolute Gasteiger partial charge is 0.496 e. The number of nitrogen functional groups attached to an aromatic ring is 1. The van der Waals surface area contributed by atoms with Gasteiger partial charge in [-0.05, 0) is 24.0 Å². The summed E-state index contributed by atoms with van der Waals surface area (Å²) >= 11 is 1.73. The summed E-state index contributed by atoms with van der Waals surface area (Å²) in [5.74, 6) is 1.89. The van der Waals surface area contributed by atoms with Gasteiger partial charge in [-0.1, -0.05) is 6.92 Å². The number of methoxy groups -OCH3 is 1. The molecule has 0 aliphatic carbocycles. The van der Waals surface area contributed by atoms with E-state index in [1.54, 1.807) is 30.0 Å². The van der Waals surface area contributed by atoms with Crippen molar-refractivity contribution >= 4 is 23.4 Å². The number of carbonyl (C=O) groups excluding carboxylic acids is 1. The first-order valence-corrected chi connectivity index (χ1v) is 6.53. The van der Waals surface area contributed by atoms with Gasteiger partial charge in [0.05, 0.1) is 7.11 Å². The molecule has 0 radical (unpaired) electrons. The third-order valence-corrected chi connectivity index (χ3v) is 2.97. The van der Waals surface area contributed by atoms with Gasteiger partial charge in [-0.25, -0.2) is 4.79 Å². The van der Waals surface area contributed by atoms with Gasteiger partial charge in [0.25, 0.3) is 0 Å². The van der Waals surface area contributed by atoms with E-state index in [4.69, 9.17) is 15.2 Å². The molecule has 1 rings (SSSR count). The van der Waals surface area contributed by atoms with Crippen molar-refractivity contribution in [3.8, 4) is 5.75 Å². The monoisotopic (exact) mass is 255 g/mol. The molecule has 1 aromatic carbocycles. The van der Waals surface area contributed by atoms with Crippen molar-refractivity contribution in [3.63, 3.8) is 0 Å². The molecule has 0 aliphatic heterocycles. The first-order chi connectivity index (χ1) is 8.19. The minimum absolute atomic E-state index is 0.369. The van der Waals surface area contributed by atoms with Crippen LogP contribution in [0.15, 0.2) is 18.2 Å². The Labute approximate surface area is 105 Å². The maximum absolute atomic E-state index is 11.8. The lowest BCUT2D eigenvalue weighted by Crippen LogP contribution is -2.10. The van der Waals surface area contributed by atoms with Gasteiger partial charge in [-0.2, -0.15) is 11.8 Å². The summed E-state index contributed by atoms with van der Waals surface area (Å²) in [4.78, 5) is 11.8. The number of esters is 1. The van der Waals surface area contributed by atoms with E-state index < -0.39 is 5.97 Å². The fourth-order valence-electron chi connectivity index (χ4n) is 1.30. The molecule has 0 atom stereocenters. The molecule has 0 amide bonds. The van der Waals surface area contributed by atoms with Crippen LogP contribution in [0.5, 0.6) is 5.75 Å². The van der Waals surface area contributed by atoms with E-state index in [0.717, 1.165) is 11.5 Å². The Hall–Kier alpha value is -1.36. The quantitative estimate of drug-likeness (QED) is 0.479. The first-order valence-electron chi connectivity index (χ1n) is 5.37. The summed E-state index contributed by atoms with van der Waals surface area (Å²) < 4.78 is 10.2. The Kier molecular flexibility index (Phi) is 5.69. The van der Waals surface area contributed by atoms with Crippen molar-refractivity contribution < 1.29 is 14.3 Å². The van der Waals surface area contributed by atoms with E-state index in [9.17, 15) is 4.79 Å². The van der Waals surface area contributed by atoms with Crippen LogP contribution in [0.25, 0.3) is 0 Å². The van der Waals surface area contributed by atoms with E-state index in [-0.39, 0.29) is 0 Å². The lowest BCUT2D eigenvalue weighted by atomic mass is 10.2. The van der Waals surface area contributed by atoms with Crippen molar-refractivity contribution in [1.82, 2.24) is 0 Å². The molecule has 0 saturated carbocycles. The molecule has 0 fully saturated rings. The second-order valence-corrected chi connectivity index (χ2v) is 4.69. The van der Waals surface area contributed by atoms with Crippen LogP contribution < -0.4 is 10.5 Å². The van der Waals surface area contributed by atoms with Gasteiger partial charge in [-0.15, -0.1) is 0 Å². The molecular weight excluding hydrogens is 238 g/mol. The van der Waals surface area contributed by atoms with Crippen molar-refractivity contribution in [3.05, 3.63) is 23.8 Å². The molecule has 2 N–H and O–H groups in total. The average Bonchev–Trinajstić information content (AvgIpc) is 2.34. The molecule has 94 valence electrons. The molecular formula is C12H17NO3S. The lowest BCUT2D eigenvalue weighted by Gasteiger charge is -2.09. The zero-order valence-corrected chi connectivity index (χ0v) is 10.9. The molecule has 0 aromatic heterocycles. The minimum atomic E-state index is -0.397. The molecule has 5 heteroatoms. The van der Waals surface area contributed by atoms with Gasteiger partial charge in [0.15, 0.2) is 0 Å². The summed E-state index contributed by atoms with van der Waals surface area (Å²) in [6.07, 6.45) is 0. The van der Waals surface area contributed by atoms with Crippen LogP contribution in [0.4, 0.5) is 5.69 Å². The second kappa shape index (κ2) is 7.06. The van der Waals surface area contributed by atoms with Crippen LogP contribution in [0.2, 0.25) is 0 Å². The smallest absolute Gasteiger partial charge is 0.342 e. The summed E-state index contributed by atoms with van der Waals surface area (Å²) in [7, 11) is 1.51. The number of thioether (sulfide) groups is 1. The molecule has 0 unspecified atom stereocenters. The average molecular weight is 255 g/mol.